The summed E-state index contributed by atoms with van der Waals surface area (Å²) in [4.78, 5) is 30.1. The Morgan fingerprint density at radius 2 is 1.83 bits per heavy atom. The van der Waals surface area contributed by atoms with Crippen LogP contribution in [0.1, 0.15) is 44.9 Å². The lowest BCUT2D eigenvalue weighted by Crippen LogP contribution is -2.48. The van der Waals surface area contributed by atoms with E-state index < -0.39 is 5.82 Å². The predicted molar refractivity (Wildman–Crippen MR) is 136 cm³/mol. The quantitative estimate of drug-likeness (QED) is 0.498. The molecule has 0 radical (unpaired) electrons. The first-order valence-corrected chi connectivity index (χ1v) is 12.2. The number of hydrogen-bond acceptors (Lipinski definition) is 4. The maximum atomic E-state index is 14.1. The summed E-state index contributed by atoms with van der Waals surface area (Å²) in [5.41, 5.74) is 2.83. The predicted octanol–water partition coefficient (Wildman–Crippen LogP) is 4.11. The van der Waals surface area contributed by atoms with E-state index in [9.17, 15) is 14.0 Å². The van der Waals surface area contributed by atoms with Crippen molar-refractivity contribution in [3.05, 3.63) is 82.9 Å². The molecule has 2 aromatic carbocycles. The zero-order valence-corrected chi connectivity index (χ0v) is 21.3. The fourth-order valence-electron chi connectivity index (χ4n) is 5.09. The number of carbonyl (C=O) groups excluding carboxylic acids is 2. The molecule has 0 aliphatic carbocycles. The van der Waals surface area contributed by atoms with E-state index in [2.05, 4.69) is 17.2 Å². The lowest BCUT2D eigenvalue weighted by molar-refractivity contribution is 0.0516. The van der Waals surface area contributed by atoms with Crippen LogP contribution in [0.3, 0.4) is 0 Å². The number of methoxy groups -OCH3 is 1. The molecule has 3 aromatic rings. The summed E-state index contributed by atoms with van der Waals surface area (Å²) in [6, 6.07) is 16.2. The molecule has 0 bridgehead atoms. The van der Waals surface area contributed by atoms with Crippen molar-refractivity contribution in [3.8, 4) is 5.75 Å². The van der Waals surface area contributed by atoms with Gasteiger partial charge in [-0.2, -0.15) is 5.10 Å². The van der Waals surface area contributed by atoms with Crippen LogP contribution in [0.4, 0.5) is 4.39 Å². The summed E-state index contributed by atoms with van der Waals surface area (Å²) in [7, 11) is 5.04. The summed E-state index contributed by atoms with van der Waals surface area (Å²) < 4.78 is 20.7. The molecule has 1 aromatic heterocycles. The molecule has 0 spiro atoms. The summed E-state index contributed by atoms with van der Waals surface area (Å²) in [6.45, 7) is 2.98. The van der Waals surface area contributed by atoms with E-state index in [1.165, 1.54) is 19.2 Å². The van der Waals surface area contributed by atoms with Gasteiger partial charge < -0.3 is 14.5 Å². The van der Waals surface area contributed by atoms with Gasteiger partial charge >= 0.3 is 0 Å². The minimum absolute atomic E-state index is 0.0363. The van der Waals surface area contributed by atoms with E-state index in [4.69, 9.17) is 4.74 Å². The number of benzene rings is 2. The van der Waals surface area contributed by atoms with Crippen LogP contribution in [0.2, 0.25) is 0 Å². The highest BCUT2D eigenvalue weighted by molar-refractivity contribution is 5.94. The number of ether oxygens (including phenoxy) is 1. The second kappa shape index (κ2) is 10.9. The molecule has 1 fully saturated rings. The summed E-state index contributed by atoms with van der Waals surface area (Å²) in [5.74, 6) is -0.474. The normalized spacial score (nSPS) is 15.0. The Morgan fingerprint density at radius 3 is 2.42 bits per heavy atom. The third-order valence-electron chi connectivity index (χ3n) is 7.10. The van der Waals surface area contributed by atoms with Crippen molar-refractivity contribution in [1.29, 1.82) is 0 Å². The van der Waals surface area contributed by atoms with Gasteiger partial charge in [-0.05, 0) is 61.9 Å². The molecule has 7 nitrogen and oxygen atoms in total. The fourth-order valence-corrected chi connectivity index (χ4v) is 5.09. The number of likely N-dealkylation sites (tertiary alicyclic amines) is 1. The lowest BCUT2D eigenvalue weighted by atomic mass is 9.84. The zero-order valence-electron chi connectivity index (χ0n) is 21.3. The van der Waals surface area contributed by atoms with Gasteiger partial charge in [0.2, 0.25) is 0 Å². The van der Waals surface area contributed by atoms with E-state index in [1.54, 1.807) is 22.7 Å². The number of halogens is 1. The van der Waals surface area contributed by atoms with Gasteiger partial charge in [0.15, 0.2) is 11.6 Å². The van der Waals surface area contributed by atoms with Crippen molar-refractivity contribution in [3.63, 3.8) is 0 Å². The molecule has 4 rings (SSSR count). The van der Waals surface area contributed by atoms with Gasteiger partial charge in [-0.15, -0.1) is 0 Å². The minimum atomic E-state index is -0.549. The molecule has 190 valence electrons. The fraction of sp³-hybridized carbons (Fsp3) is 0.393. The molecule has 1 aliphatic rings. The highest BCUT2D eigenvalue weighted by Crippen LogP contribution is 2.29. The number of aromatic nitrogens is 2. The van der Waals surface area contributed by atoms with E-state index in [0.29, 0.717) is 24.3 Å². The van der Waals surface area contributed by atoms with Crippen LogP contribution in [-0.4, -0.2) is 64.7 Å². The maximum absolute atomic E-state index is 14.1. The Bertz CT molecular complexity index is 1220. The van der Waals surface area contributed by atoms with Crippen molar-refractivity contribution >= 4 is 11.8 Å². The third kappa shape index (κ3) is 5.42. The highest BCUT2D eigenvalue weighted by Gasteiger charge is 2.34. The largest absolute Gasteiger partial charge is 0.494 e. The Morgan fingerprint density at radius 1 is 1.14 bits per heavy atom. The lowest BCUT2D eigenvalue weighted by Gasteiger charge is -2.40. The van der Waals surface area contributed by atoms with Gasteiger partial charge in [-0.25, -0.2) is 4.39 Å². The monoisotopic (exact) mass is 492 g/mol. The zero-order chi connectivity index (χ0) is 25.8. The van der Waals surface area contributed by atoms with Gasteiger partial charge in [-0.3, -0.25) is 14.3 Å². The number of amides is 2. The Balaban J connectivity index is 1.50. The third-order valence-corrected chi connectivity index (χ3v) is 7.10. The number of hydrogen-bond donors (Lipinski definition) is 0. The second-order valence-electron chi connectivity index (χ2n) is 9.45. The smallest absolute Gasteiger partial charge is 0.272 e. The van der Waals surface area contributed by atoms with Gasteiger partial charge in [0, 0.05) is 38.8 Å². The molecule has 0 unspecified atom stereocenters. The first-order chi connectivity index (χ1) is 17.3. The van der Waals surface area contributed by atoms with E-state index in [1.807, 2.05) is 43.1 Å². The van der Waals surface area contributed by atoms with Crippen molar-refractivity contribution in [2.75, 3.05) is 27.2 Å². The van der Waals surface area contributed by atoms with Crippen molar-refractivity contribution in [1.82, 2.24) is 19.6 Å². The SMILES string of the molecule is COc1ccc(C(=O)N2CCC([C@@H](Cc3ccccc3)N(C)C(=O)c3cc(C)nn3C)CC2)cc1F. The molecule has 8 heteroatoms. The van der Waals surface area contributed by atoms with Crippen LogP contribution in [0.5, 0.6) is 5.75 Å². The van der Waals surface area contributed by atoms with Crippen LogP contribution >= 0.6 is 0 Å². The Hall–Kier alpha value is -3.68. The minimum Gasteiger partial charge on any atom is -0.494 e. The molecule has 1 atom stereocenters. The van der Waals surface area contributed by atoms with Crippen LogP contribution in [0, 0.1) is 18.7 Å². The molecule has 2 amide bonds. The van der Waals surface area contributed by atoms with E-state index in [-0.39, 0.29) is 29.5 Å². The van der Waals surface area contributed by atoms with E-state index in [0.717, 1.165) is 30.5 Å². The highest BCUT2D eigenvalue weighted by atomic mass is 19.1. The number of rotatable bonds is 7. The number of carbonyl (C=O) groups is 2. The Labute approximate surface area is 211 Å². The van der Waals surface area contributed by atoms with Gasteiger partial charge in [0.25, 0.3) is 11.8 Å². The van der Waals surface area contributed by atoms with Gasteiger partial charge in [-0.1, -0.05) is 30.3 Å². The second-order valence-corrected chi connectivity index (χ2v) is 9.45. The topological polar surface area (TPSA) is 67.7 Å². The van der Waals surface area contributed by atoms with Crippen molar-refractivity contribution in [2.24, 2.45) is 13.0 Å². The van der Waals surface area contributed by atoms with E-state index >= 15 is 0 Å². The molecule has 2 heterocycles. The number of piperidine rings is 1. The molecule has 0 N–H and O–H groups in total. The first kappa shape index (κ1) is 25.4. The van der Waals surface area contributed by atoms with Gasteiger partial charge in [0.05, 0.1) is 12.8 Å². The summed E-state index contributed by atoms with van der Waals surface area (Å²) in [6.07, 6.45) is 2.23. The number of nitrogens with zero attached hydrogens (tertiary/aromatic N) is 4. The Kier molecular flexibility index (Phi) is 7.72. The average molecular weight is 493 g/mol. The molecule has 1 saturated heterocycles. The molecule has 0 saturated carbocycles. The number of likely N-dealkylation sites (N-methyl/N-ethyl adjacent to an activating group) is 1. The number of aryl methyl sites for hydroxylation is 2. The van der Waals surface area contributed by atoms with Crippen molar-refractivity contribution in [2.45, 2.75) is 32.2 Å². The van der Waals surface area contributed by atoms with Crippen molar-refractivity contribution < 1.29 is 18.7 Å². The first-order valence-electron chi connectivity index (χ1n) is 12.2. The molecular weight excluding hydrogens is 459 g/mol. The van der Waals surface area contributed by atoms with Crippen LogP contribution in [0.25, 0.3) is 0 Å². The summed E-state index contributed by atoms with van der Waals surface area (Å²) in [5, 5.41) is 4.34. The van der Waals surface area contributed by atoms with Gasteiger partial charge in [0.1, 0.15) is 5.69 Å². The average Bonchev–Trinajstić information content (AvgIpc) is 3.24. The van der Waals surface area contributed by atoms with Crippen LogP contribution in [0.15, 0.2) is 54.6 Å². The van der Waals surface area contributed by atoms with Crippen LogP contribution < -0.4 is 4.74 Å². The molecule has 1 aliphatic heterocycles. The maximum Gasteiger partial charge on any atom is 0.272 e. The molecule has 36 heavy (non-hydrogen) atoms. The standard InChI is InChI=1S/C28H33FN4O3/c1-19-16-25(32(3)30-19)28(35)31(2)24(17-20-8-6-5-7-9-20)21-12-14-33(15-13-21)27(34)22-10-11-26(36-4)23(29)18-22/h5-11,16,18,21,24H,12-15,17H2,1-4H3/t24-/m1/s1. The summed E-state index contributed by atoms with van der Waals surface area (Å²) >= 11 is 0. The molecular formula is C28H33FN4O3. The van der Waals surface area contributed by atoms with Crippen LogP contribution in [-0.2, 0) is 13.5 Å².